The first-order valence-corrected chi connectivity index (χ1v) is 24.9. The Morgan fingerprint density at radius 2 is 0.548 bits per heavy atom. The van der Waals surface area contributed by atoms with Crippen molar-refractivity contribution in [2.24, 2.45) is 0 Å². The van der Waals surface area contributed by atoms with Gasteiger partial charge in [0.2, 0.25) is 0 Å². The van der Waals surface area contributed by atoms with E-state index in [0.717, 1.165) is 164 Å². The van der Waals surface area contributed by atoms with E-state index in [1.807, 2.05) is 36.4 Å². The van der Waals surface area contributed by atoms with Crippen LogP contribution in [0.15, 0.2) is 212 Å². The lowest BCUT2D eigenvalue weighted by Gasteiger charge is -2.20. The zero-order valence-electron chi connectivity index (χ0n) is 38.8. The molecule has 0 N–H and O–H groups in total. The van der Waals surface area contributed by atoms with Gasteiger partial charge in [-0.25, -0.2) is 13.2 Å². The van der Waals surface area contributed by atoms with E-state index >= 15 is 4.39 Å². The molecule has 0 radical (unpaired) electrons. The minimum absolute atomic E-state index is 0.221. The minimum Gasteiger partial charge on any atom is -0.207 e. The molecule has 2 aliphatic carbocycles. The third-order valence-electron chi connectivity index (χ3n) is 16.6. The predicted octanol–water partition coefficient (Wildman–Crippen LogP) is 20.2. The SMILES string of the molecule is Fc1ccc(-c2c3c(c(-c4ccc(F)cc4)c4ccccc24)-c2ccc4c5ccc6c7c(F)cc8c9c(ccc(c%10ccc(c%11ccc-3c2c%114)c5c%106)c97)-c2c(-c3ccccc3)ccc(-c3ccccc3)c2-8)cc1. The van der Waals surface area contributed by atoms with E-state index in [9.17, 15) is 8.78 Å². The molecule has 0 fully saturated rings. The quantitative estimate of drug-likeness (QED) is 0.122. The molecular weight excluding hydrogens is 898 g/mol. The highest BCUT2D eigenvalue weighted by atomic mass is 19.1. The second-order valence-corrected chi connectivity index (χ2v) is 20.0. The van der Waals surface area contributed by atoms with E-state index < -0.39 is 0 Å². The average Bonchev–Trinajstić information content (AvgIpc) is 3.98. The molecule has 15 aromatic rings. The summed E-state index contributed by atoms with van der Waals surface area (Å²) in [6.45, 7) is 0. The van der Waals surface area contributed by atoms with Crippen LogP contribution in [0.5, 0.6) is 0 Å². The number of halogens is 3. The summed E-state index contributed by atoms with van der Waals surface area (Å²) in [5.41, 5.74) is 17.1. The smallest absolute Gasteiger partial charge is 0.132 e. The summed E-state index contributed by atoms with van der Waals surface area (Å²) in [4.78, 5) is 0. The standard InChI is InChI=1S/C70H35F3/c71-40-19-15-38(16-20-40)58-44-13-7-8-14-45(44)59(39-17-21-41(72)22-18-39)70-55-34-29-49-47-27-32-53-64-50(26-25-46(62(47)64)48-28-33-54(69(58)70)65(55)63(48)49)51-30-31-52-60-42(36-9-3-1-4-10-36)23-24-43(37-11-5-2-6-12-37)61(60)56-35-57(73)67(53)68(51)66(52)56/h1-35H. The fourth-order valence-electron chi connectivity index (χ4n) is 13.9. The second-order valence-electron chi connectivity index (χ2n) is 20.0. The Morgan fingerprint density at radius 3 is 1.04 bits per heavy atom. The molecule has 0 bridgehead atoms. The second kappa shape index (κ2) is 14.0. The molecule has 0 saturated heterocycles. The van der Waals surface area contributed by atoms with Crippen LogP contribution in [-0.4, -0.2) is 0 Å². The van der Waals surface area contributed by atoms with Crippen molar-refractivity contribution in [3.8, 4) is 89.0 Å². The fraction of sp³-hybridized carbons (Fsp3) is 0. The Kier molecular flexibility index (Phi) is 7.54. The normalized spacial score (nSPS) is 12.6. The predicted molar refractivity (Wildman–Crippen MR) is 299 cm³/mol. The van der Waals surface area contributed by atoms with Gasteiger partial charge in [0.25, 0.3) is 0 Å². The highest BCUT2D eigenvalue weighted by Crippen LogP contribution is 2.62. The molecule has 3 heteroatoms. The van der Waals surface area contributed by atoms with Crippen LogP contribution in [0.4, 0.5) is 13.2 Å². The molecule has 0 saturated carbocycles. The molecule has 17 rings (SSSR count). The van der Waals surface area contributed by atoms with Crippen molar-refractivity contribution in [1.82, 2.24) is 0 Å². The van der Waals surface area contributed by atoms with Crippen LogP contribution in [0.3, 0.4) is 0 Å². The first-order valence-electron chi connectivity index (χ1n) is 24.9. The van der Waals surface area contributed by atoms with Crippen LogP contribution in [0.25, 0.3) is 175 Å². The molecule has 336 valence electrons. The summed E-state index contributed by atoms with van der Waals surface area (Å²) in [5, 5.41) is 16.9. The van der Waals surface area contributed by atoms with Crippen molar-refractivity contribution in [2.75, 3.05) is 0 Å². The first-order chi connectivity index (χ1) is 36.0. The van der Waals surface area contributed by atoms with E-state index in [1.54, 1.807) is 0 Å². The third-order valence-corrected chi connectivity index (χ3v) is 16.6. The highest BCUT2D eigenvalue weighted by Gasteiger charge is 2.35. The van der Waals surface area contributed by atoms with Crippen molar-refractivity contribution in [3.05, 3.63) is 230 Å². The van der Waals surface area contributed by atoms with Crippen LogP contribution < -0.4 is 0 Å². The van der Waals surface area contributed by atoms with Gasteiger partial charge in [-0.15, -0.1) is 0 Å². The van der Waals surface area contributed by atoms with Gasteiger partial charge >= 0.3 is 0 Å². The van der Waals surface area contributed by atoms with Gasteiger partial charge in [-0.2, -0.15) is 0 Å². The maximum absolute atomic E-state index is 17.8. The lowest BCUT2D eigenvalue weighted by atomic mass is 9.82. The summed E-state index contributed by atoms with van der Waals surface area (Å²) >= 11 is 0. The molecule has 0 amide bonds. The van der Waals surface area contributed by atoms with E-state index in [1.165, 1.54) is 29.7 Å². The Morgan fingerprint density at radius 1 is 0.192 bits per heavy atom. The van der Waals surface area contributed by atoms with Crippen molar-refractivity contribution in [3.63, 3.8) is 0 Å². The average molecular weight is 933 g/mol. The van der Waals surface area contributed by atoms with Crippen LogP contribution >= 0.6 is 0 Å². The van der Waals surface area contributed by atoms with Gasteiger partial charge in [-0.05, 0) is 195 Å². The zero-order chi connectivity index (χ0) is 48.0. The summed E-state index contributed by atoms with van der Waals surface area (Å²) in [7, 11) is 0. The lowest BCUT2D eigenvalue weighted by molar-refractivity contribution is 0.627. The van der Waals surface area contributed by atoms with Gasteiger partial charge in [-0.3, -0.25) is 0 Å². The van der Waals surface area contributed by atoms with Gasteiger partial charge in [0.1, 0.15) is 17.5 Å². The summed E-state index contributed by atoms with van der Waals surface area (Å²) in [5.74, 6) is -0.795. The van der Waals surface area contributed by atoms with Crippen LogP contribution in [0.1, 0.15) is 0 Å². The van der Waals surface area contributed by atoms with Gasteiger partial charge in [-0.1, -0.05) is 182 Å². The van der Waals surface area contributed by atoms with Gasteiger partial charge in [0.15, 0.2) is 0 Å². The molecule has 0 heterocycles. The highest BCUT2D eigenvalue weighted by molar-refractivity contribution is 6.46. The zero-order valence-corrected chi connectivity index (χ0v) is 38.8. The van der Waals surface area contributed by atoms with Gasteiger partial charge in [0, 0.05) is 10.8 Å². The Hall–Kier alpha value is -9.31. The van der Waals surface area contributed by atoms with Crippen molar-refractivity contribution in [2.45, 2.75) is 0 Å². The topological polar surface area (TPSA) is 0 Å². The Bertz CT molecular complexity index is 4790. The van der Waals surface area contributed by atoms with Crippen molar-refractivity contribution in [1.29, 1.82) is 0 Å². The summed E-state index contributed by atoms with van der Waals surface area (Å²) < 4.78 is 47.1. The number of hydrogen-bond donors (Lipinski definition) is 0. The lowest BCUT2D eigenvalue weighted by Crippen LogP contribution is -1.94. The molecule has 15 aromatic carbocycles. The van der Waals surface area contributed by atoms with Crippen LogP contribution in [0.2, 0.25) is 0 Å². The Labute approximate surface area is 416 Å². The fourth-order valence-corrected chi connectivity index (χ4v) is 13.9. The number of hydrogen-bond acceptors (Lipinski definition) is 0. The first kappa shape index (κ1) is 39.4. The van der Waals surface area contributed by atoms with E-state index in [-0.39, 0.29) is 17.5 Å². The molecule has 2 aliphatic rings. The number of benzene rings is 15. The van der Waals surface area contributed by atoms with E-state index in [2.05, 4.69) is 152 Å². The summed E-state index contributed by atoms with van der Waals surface area (Å²) in [6, 6.07) is 72.0. The van der Waals surface area contributed by atoms with Crippen LogP contribution in [0, 0.1) is 17.5 Å². The molecule has 73 heavy (non-hydrogen) atoms. The van der Waals surface area contributed by atoms with Crippen molar-refractivity contribution < 1.29 is 13.2 Å². The molecule has 0 unspecified atom stereocenters. The molecule has 0 aliphatic heterocycles. The largest absolute Gasteiger partial charge is 0.207 e. The third kappa shape index (κ3) is 4.96. The number of fused-ring (bicyclic) bond motifs is 11. The maximum Gasteiger partial charge on any atom is 0.132 e. The molecule has 0 spiro atoms. The Balaban J connectivity index is 0.966. The van der Waals surface area contributed by atoms with E-state index in [4.69, 9.17) is 0 Å². The number of rotatable bonds is 4. The van der Waals surface area contributed by atoms with Crippen LogP contribution in [-0.2, 0) is 0 Å². The summed E-state index contributed by atoms with van der Waals surface area (Å²) in [6.07, 6.45) is 0. The van der Waals surface area contributed by atoms with Gasteiger partial charge < -0.3 is 0 Å². The van der Waals surface area contributed by atoms with Gasteiger partial charge in [0.05, 0.1) is 0 Å². The molecular formula is C70H35F3. The molecule has 0 atom stereocenters. The van der Waals surface area contributed by atoms with Crippen molar-refractivity contribution >= 4 is 86.2 Å². The molecule has 0 aromatic heterocycles. The minimum atomic E-state index is -0.287. The molecule has 0 nitrogen and oxygen atoms in total. The van der Waals surface area contributed by atoms with E-state index in [0.29, 0.717) is 5.39 Å². The maximum atomic E-state index is 17.8. The monoisotopic (exact) mass is 932 g/mol.